The van der Waals surface area contributed by atoms with Crippen LogP contribution in [-0.4, -0.2) is 54.4 Å². The molecule has 4 aromatic heterocycles. The Morgan fingerprint density at radius 3 is 1.96 bits per heavy atom. The van der Waals surface area contributed by atoms with Crippen LogP contribution in [0, 0.1) is 0 Å². The van der Waals surface area contributed by atoms with E-state index in [4.69, 9.17) is 9.47 Å². The minimum Gasteiger partial charge on any atom is -0.487 e. The monoisotopic (exact) mass is 638 g/mol. The molecule has 12 nitrogen and oxygen atoms in total. The number of hydrogen-bond donors (Lipinski definition) is 0. The van der Waals surface area contributed by atoms with Gasteiger partial charge in [0.15, 0.2) is 0 Å². The van der Waals surface area contributed by atoms with Gasteiger partial charge in [0.2, 0.25) is 0 Å². The molecule has 6 aromatic rings. The van der Waals surface area contributed by atoms with E-state index < -0.39 is 0 Å². The van der Waals surface area contributed by atoms with Gasteiger partial charge in [-0.1, -0.05) is 30.3 Å². The average molecular weight is 639 g/mol. The molecule has 2 aromatic carbocycles. The first kappa shape index (κ1) is 29.1. The number of carbonyl (C=O) groups is 2. The summed E-state index contributed by atoms with van der Waals surface area (Å²) >= 11 is 0. The van der Waals surface area contributed by atoms with Crippen molar-refractivity contribution in [3.8, 4) is 22.8 Å². The fourth-order valence-corrected chi connectivity index (χ4v) is 5.96. The zero-order valence-corrected chi connectivity index (χ0v) is 25.8. The van der Waals surface area contributed by atoms with Gasteiger partial charge in [-0.25, -0.2) is 0 Å². The highest BCUT2D eigenvalue weighted by molar-refractivity contribution is 6.06. The summed E-state index contributed by atoms with van der Waals surface area (Å²) in [6.45, 7) is 2.63. The summed E-state index contributed by atoms with van der Waals surface area (Å²) in [4.78, 5) is 38.9. The Kier molecular flexibility index (Phi) is 7.57. The van der Waals surface area contributed by atoms with Crippen LogP contribution in [0.2, 0.25) is 0 Å². The van der Waals surface area contributed by atoms with Gasteiger partial charge >= 0.3 is 0 Å². The van der Waals surface area contributed by atoms with Crippen LogP contribution in [0.15, 0.2) is 110 Å². The van der Waals surface area contributed by atoms with Gasteiger partial charge in [0, 0.05) is 36.7 Å². The van der Waals surface area contributed by atoms with E-state index in [-0.39, 0.29) is 25.0 Å². The van der Waals surface area contributed by atoms with Crippen molar-refractivity contribution in [1.82, 2.24) is 29.5 Å². The van der Waals surface area contributed by atoms with Gasteiger partial charge in [-0.05, 0) is 60.7 Å². The third kappa shape index (κ3) is 5.75. The number of hydrogen-bond acceptors (Lipinski definition) is 8. The molecule has 48 heavy (non-hydrogen) atoms. The van der Waals surface area contributed by atoms with E-state index in [1.807, 2.05) is 78.9 Å². The zero-order valence-electron chi connectivity index (χ0n) is 25.8. The Morgan fingerprint density at radius 1 is 0.604 bits per heavy atom. The topological polar surface area (TPSA) is 120 Å². The van der Waals surface area contributed by atoms with Crippen molar-refractivity contribution >= 4 is 23.2 Å². The summed E-state index contributed by atoms with van der Waals surface area (Å²) in [7, 11) is 0. The molecule has 0 radical (unpaired) electrons. The predicted octanol–water partition coefficient (Wildman–Crippen LogP) is 5.02. The number of carbonyl (C=O) groups excluding carboxylic acids is 2. The molecule has 2 aliphatic rings. The van der Waals surface area contributed by atoms with Gasteiger partial charge in [-0.15, -0.1) is 0 Å². The lowest BCUT2D eigenvalue weighted by Crippen LogP contribution is -2.40. The van der Waals surface area contributed by atoms with Gasteiger partial charge < -0.3 is 19.3 Å². The summed E-state index contributed by atoms with van der Waals surface area (Å²) in [5.41, 5.74) is 5.46. The highest BCUT2D eigenvalue weighted by Crippen LogP contribution is 2.29. The van der Waals surface area contributed by atoms with Crippen molar-refractivity contribution in [2.24, 2.45) is 0 Å². The van der Waals surface area contributed by atoms with E-state index in [0.717, 1.165) is 22.7 Å². The Labute approximate surface area is 275 Å². The number of benzene rings is 2. The number of rotatable bonds is 9. The van der Waals surface area contributed by atoms with Gasteiger partial charge in [-0.2, -0.15) is 10.2 Å². The molecular weight excluding hydrogens is 608 g/mol. The van der Waals surface area contributed by atoms with Crippen LogP contribution in [0.25, 0.3) is 11.3 Å². The lowest BCUT2D eigenvalue weighted by molar-refractivity contribution is 0.0954. The summed E-state index contributed by atoms with van der Waals surface area (Å²) in [5.74, 6) is 1.15. The SMILES string of the molecule is O=C1c2cc(COc3cccc(-c4cc(N5CCn6nc(COc7ccccc7)cc6C5=O)ccn4)c3)nn2CCN1c1cccnc1. The number of ether oxygens (including phenoxy) is 2. The van der Waals surface area contributed by atoms with Crippen LogP contribution in [0.3, 0.4) is 0 Å². The average Bonchev–Trinajstić information content (AvgIpc) is 3.76. The fraction of sp³-hybridized carbons (Fsp3) is 0.167. The highest BCUT2D eigenvalue weighted by atomic mass is 16.5. The minimum atomic E-state index is -0.126. The maximum absolute atomic E-state index is 13.6. The second-order valence-electron chi connectivity index (χ2n) is 11.4. The summed E-state index contributed by atoms with van der Waals surface area (Å²) < 4.78 is 15.4. The highest BCUT2D eigenvalue weighted by Gasteiger charge is 2.29. The summed E-state index contributed by atoms with van der Waals surface area (Å²) in [6, 6.07) is 28.2. The van der Waals surface area contributed by atoms with Gasteiger partial charge in [0.05, 0.1) is 30.7 Å². The number of fused-ring (bicyclic) bond motifs is 2. The molecule has 238 valence electrons. The van der Waals surface area contributed by atoms with E-state index in [9.17, 15) is 9.59 Å². The van der Waals surface area contributed by atoms with E-state index in [0.29, 0.717) is 60.4 Å². The van der Waals surface area contributed by atoms with Gasteiger partial charge in [0.25, 0.3) is 11.8 Å². The normalized spacial score (nSPS) is 14.1. The molecule has 0 fully saturated rings. The molecule has 0 saturated heterocycles. The molecule has 0 spiro atoms. The fourth-order valence-electron chi connectivity index (χ4n) is 5.96. The van der Waals surface area contributed by atoms with Crippen molar-refractivity contribution in [2.75, 3.05) is 22.9 Å². The number of pyridine rings is 2. The Morgan fingerprint density at radius 2 is 1.27 bits per heavy atom. The van der Waals surface area contributed by atoms with Crippen LogP contribution in [0.5, 0.6) is 11.5 Å². The van der Waals surface area contributed by atoms with Crippen LogP contribution < -0.4 is 19.3 Å². The first-order valence-electron chi connectivity index (χ1n) is 15.6. The largest absolute Gasteiger partial charge is 0.487 e. The molecule has 0 aliphatic carbocycles. The molecule has 8 rings (SSSR count). The van der Waals surface area contributed by atoms with Crippen LogP contribution in [0.1, 0.15) is 32.4 Å². The third-order valence-corrected chi connectivity index (χ3v) is 8.32. The Hall–Kier alpha value is -6.30. The van der Waals surface area contributed by atoms with Crippen molar-refractivity contribution in [3.63, 3.8) is 0 Å². The van der Waals surface area contributed by atoms with Crippen molar-refractivity contribution in [1.29, 1.82) is 0 Å². The van der Waals surface area contributed by atoms with E-state index >= 15 is 0 Å². The molecule has 2 aliphatic heterocycles. The van der Waals surface area contributed by atoms with E-state index in [1.54, 1.807) is 49.9 Å². The molecule has 2 amide bonds. The van der Waals surface area contributed by atoms with Crippen LogP contribution in [-0.2, 0) is 26.3 Å². The first-order chi connectivity index (χ1) is 23.6. The van der Waals surface area contributed by atoms with E-state index in [1.165, 1.54) is 0 Å². The second-order valence-corrected chi connectivity index (χ2v) is 11.4. The van der Waals surface area contributed by atoms with E-state index in [2.05, 4.69) is 20.2 Å². The maximum Gasteiger partial charge on any atom is 0.276 e. The molecule has 0 atom stereocenters. The lowest BCUT2D eigenvalue weighted by atomic mass is 10.1. The molecule has 0 bridgehead atoms. The zero-order chi connectivity index (χ0) is 32.5. The van der Waals surface area contributed by atoms with Crippen LogP contribution >= 0.6 is 0 Å². The molecule has 6 heterocycles. The second kappa shape index (κ2) is 12.5. The number of anilines is 2. The summed E-state index contributed by atoms with van der Waals surface area (Å²) in [5, 5.41) is 9.19. The quantitative estimate of drug-likeness (QED) is 0.217. The number of aromatic nitrogens is 6. The molecular formula is C36H30N8O4. The predicted molar refractivity (Wildman–Crippen MR) is 177 cm³/mol. The molecule has 0 unspecified atom stereocenters. The molecule has 0 saturated carbocycles. The van der Waals surface area contributed by atoms with Crippen molar-refractivity contribution < 1.29 is 19.1 Å². The smallest absolute Gasteiger partial charge is 0.276 e. The Balaban J connectivity index is 0.938. The lowest BCUT2D eigenvalue weighted by Gasteiger charge is -2.27. The van der Waals surface area contributed by atoms with Crippen LogP contribution in [0.4, 0.5) is 11.4 Å². The van der Waals surface area contributed by atoms with Crippen molar-refractivity contribution in [2.45, 2.75) is 26.3 Å². The number of nitrogens with zero attached hydrogens (tertiary/aromatic N) is 8. The van der Waals surface area contributed by atoms with Gasteiger partial charge in [-0.3, -0.25) is 28.9 Å². The third-order valence-electron chi connectivity index (χ3n) is 8.32. The minimum absolute atomic E-state index is 0.116. The first-order valence-corrected chi connectivity index (χ1v) is 15.6. The van der Waals surface area contributed by atoms with Crippen molar-refractivity contribution in [3.05, 3.63) is 132 Å². The summed E-state index contributed by atoms with van der Waals surface area (Å²) in [6.07, 6.45) is 5.08. The Bertz CT molecular complexity index is 2110. The molecule has 0 N–H and O–H groups in total. The van der Waals surface area contributed by atoms with Gasteiger partial charge in [0.1, 0.15) is 47.5 Å². The maximum atomic E-state index is 13.6. The molecule has 12 heteroatoms. The number of para-hydroxylation sites is 1. The standard InChI is InChI=1S/C36H30N8O4/c45-35-33-19-26(23-47-30-8-2-1-3-9-30)39-43(33)16-14-41(35)28-11-13-38-32(21-28)25-6-4-10-31(18-25)48-24-27-20-34-36(46)42(15-17-44(34)40-27)29-7-5-12-37-22-29/h1-13,18-22H,14-17,23-24H2. The number of amides is 2.